The van der Waals surface area contributed by atoms with E-state index in [-0.39, 0.29) is 0 Å². The number of rotatable bonds is 5. The summed E-state index contributed by atoms with van der Waals surface area (Å²) in [6.07, 6.45) is 5.36. The molecule has 2 atom stereocenters. The zero-order valence-corrected chi connectivity index (χ0v) is 12.4. The zero-order valence-electron chi connectivity index (χ0n) is 12.4. The van der Waals surface area contributed by atoms with E-state index in [1.807, 2.05) is 0 Å². The summed E-state index contributed by atoms with van der Waals surface area (Å²) in [7, 11) is 0. The van der Waals surface area contributed by atoms with Crippen LogP contribution >= 0.6 is 0 Å². The molecule has 1 aliphatic carbocycles. The van der Waals surface area contributed by atoms with Gasteiger partial charge in [-0.1, -0.05) is 49.6 Å². The summed E-state index contributed by atoms with van der Waals surface area (Å²) in [4.78, 5) is 2.63. The minimum Gasteiger partial charge on any atom is -0.330 e. The fraction of sp³-hybridized carbons (Fsp3) is 0.647. The Morgan fingerprint density at radius 2 is 1.84 bits per heavy atom. The Balaban J connectivity index is 2.04. The van der Waals surface area contributed by atoms with Crippen LogP contribution in [0.1, 0.15) is 43.7 Å². The molecule has 2 unspecified atom stereocenters. The minimum absolute atomic E-state index is 0.685. The Kier molecular flexibility index (Phi) is 5.41. The van der Waals surface area contributed by atoms with Gasteiger partial charge in [0, 0.05) is 12.6 Å². The summed E-state index contributed by atoms with van der Waals surface area (Å²) >= 11 is 0. The maximum absolute atomic E-state index is 5.97. The van der Waals surface area contributed by atoms with Crippen molar-refractivity contribution >= 4 is 0 Å². The average molecular weight is 260 g/mol. The van der Waals surface area contributed by atoms with Crippen molar-refractivity contribution in [2.45, 2.75) is 52.1 Å². The molecule has 2 rings (SSSR count). The van der Waals surface area contributed by atoms with Crippen LogP contribution in [0.5, 0.6) is 0 Å². The van der Waals surface area contributed by atoms with Gasteiger partial charge in [0.25, 0.3) is 0 Å². The molecule has 1 fully saturated rings. The van der Waals surface area contributed by atoms with Crippen molar-refractivity contribution in [1.29, 1.82) is 0 Å². The minimum atomic E-state index is 0.685. The van der Waals surface area contributed by atoms with Gasteiger partial charge in [0.05, 0.1) is 0 Å². The third kappa shape index (κ3) is 3.80. The molecule has 0 aliphatic heterocycles. The van der Waals surface area contributed by atoms with Gasteiger partial charge in [-0.3, -0.25) is 4.90 Å². The van der Waals surface area contributed by atoms with Crippen molar-refractivity contribution in [3.63, 3.8) is 0 Å². The molecule has 0 saturated heterocycles. The molecular formula is C17H28N2. The molecular weight excluding hydrogens is 232 g/mol. The largest absolute Gasteiger partial charge is 0.330 e. The molecule has 1 aromatic carbocycles. The van der Waals surface area contributed by atoms with E-state index in [2.05, 4.69) is 43.0 Å². The number of nitrogens with zero attached hydrogens (tertiary/aromatic N) is 1. The van der Waals surface area contributed by atoms with Crippen molar-refractivity contribution in [3.8, 4) is 0 Å². The third-order valence-electron chi connectivity index (χ3n) is 4.55. The van der Waals surface area contributed by atoms with Gasteiger partial charge in [-0.05, 0) is 44.3 Å². The molecule has 19 heavy (non-hydrogen) atoms. The van der Waals surface area contributed by atoms with Crippen molar-refractivity contribution in [3.05, 3.63) is 35.4 Å². The summed E-state index contributed by atoms with van der Waals surface area (Å²) in [5, 5.41) is 0. The number of hydrogen-bond donors (Lipinski definition) is 1. The third-order valence-corrected chi connectivity index (χ3v) is 4.55. The number of aryl methyl sites for hydroxylation is 1. The quantitative estimate of drug-likeness (QED) is 0.880. The molecule has 1 saturated carbocycles. The lowest BCUT2D eigenvalue weighted by atomic mass is 9.83. The molecule has 1 aromatic rings. The fourth-order valence-corrected chi connectivity index (χ4v) is 3.34. The molecule has 2 N–H and O–H groups in total. The zero-order chi connectivity index (χ0) is 13.7. The molecule has 2 heteroatoms. The molecule has 0 radical (unpaired) electrons. The topological polar surface area (TPSA) is 29.3 Å². The monoisotopic (exact) mass is 260 g/mol. The Labute approximate surface area is 118 Å². The first-order valence-electron chi connectivity index (χ1n) is 7.74. The number of hydrogen-bond acceptors (Lipinski definition) is 2. The highest BCUT2D eigenvalue weighted by molar-refractivity contribution is 5.21. The fourth-order valence-electron chi connectivity index (χ4n) is 3.34. The molecule has 0 heterocycles. The van der Waals surface area contributed by atoms with Crippen molar-refractivity contribution in [2.75, 3.05) is 13.1 Å². The van der Waals surface area contributed by atoms with Crippen LogP contribution < -0.4 is 5.73 Å². The van der Waals surface area contributed by atoms with Crippen molar-refractivity contribution in [1.82, 2.24) is 4.90 Å². The van der Waals surface area contributed by atoms with Crippen LogP contribution in [0.2, 0.25) is 0 Å². The standard InChI is InChI=1S/C17H28N2/c1-3-19(13-15-10-8-14(2)9-11-15)17-7-5-4-6-16(17)12-18/h8-11,16-17H,3-7,12-13,18H2,1-2H3. The van der Waals surface area contributed by atoms with E-state index >= 15 is 0 Å². The van der Waals surface area contributed by atoms with Gasteiger partial charge < -0.3 is 5.73 Å². The van der Waals surface area contributed by atoms with Gasteiger partial charge in [0.1, 0.15) is 0 Å². The number of nitrogens with two attached hydrogens (primary N) is 1. The van der Waals surface area contributed by atoms with Crippen LogP contribution in [0.4, 0.5) is 0 Å². The van der Waals surface area contributed by atoms with Crippen LogP contribution in [-0.2, 0) is 6.54 Å². The normalized spacial score (nSPS) is 23.8. The van der Waals surface area contributed by atoms with Crippen LogP contribution in [0.15, 0.2) is 24.3 Å². The lowest BCUT2D eigenvalue weighted by Crippen LogP contribution is -2.44. The van der Waals surface area contributed by atoms with Gasteiger partial charge in [-0.15, -0.1) is 0 Å². The molecule has 0 bridgehead atoms. The van der Waals surface area contributed by atoms with E-state index in [9.17, 15) is 0 Å². The van der Waals surface area contributed by atoms with Gasteiger partial charge in [0.15, 0.2) is 0 Å². The summed E-state index contributed by atoms with van der Waals surface area (Å²) in [5.41, 5.74) is 8.73. The summed E-state index contributed by atoms with van der Waals surface area (Å²) in [6.45, 7) is 7.45. The van der Waals surface area contributed by atoms with E-state index in [1.54, 1.807) is 0 Å². The van der Waals surface area contributed by atoms with Crippen LogP contribution in [0.3, 0.4) is 0 Å². The predicted octanol–water partition coefficient (Wildman–Crippen LogP) is 3.33. The Bertz CT molecular complexity index is 371. The molecule has 0 spiro atoms. The maximum Gasteiger partial charge on any atom is 0.0236 e. The molecule has 106 valence electrons. The first-order valence-corrected chi connectivity index (χ1v) is 7.74. The van der Waals surface area contributed by atoms with E-state index in [0.29, 0.717) is 12.0 Å². The summed E-state index contributed by atoms with van der Waals surface area (Å²) in [6, 6.07) is 9.64. The van der Waals surface area contributed by atoms with Crippen LogP contribution in [0, 0.1) is 12.8 Å². The van der Waals surface area contributed by atoms with Gasteiger partial charge >= 0.3 is 0 Å². The Morgan fingerprint density at radius 1 is 1.16 bits per heavy atom. The highest BCUT2D eigenvalue weighted by atomic mass is 15.2. The highest BCUT2D eigenvalue weighted by Gasteiger charge is 2.28. The first-order chi connectivity index (χ1) is 9.24. The van der Waals surface area contributed by atoms with Crippen molar-refractivity contribution < 1.29 is 0 Å². The highest BCUT2D eigenvalue weighted by Crippen LogP contribution is 2.28. The van der Waals surface area contributed by atoms with Gasteiger partial charge in [-0.2, -0.15) is 0 Å². The average Bonchev–Trinajstić information content (AvgIpc) is 2.46. The smallest absolute Gasteiger partial charge is 0.0236 e. The lowest BCUT2D eigenvalue weighted by Gasteiger charge is -2.39. The predicted molar refractivity (Wildman–Crippen MR) is 82.1 cm³/mol. The van der Waals surface area contributed by atoms with Crippen molar-refractivity contribution in [2.24, 2.45) is 11.7 Å². The van der Waals surface area contributed by atoms with E-state index in [4.69, 9.17) is 5.73 Å². The summed E-state index contributed by atoms with van der Waals surface area (Å²) in [5.74, 6) is 0.694. The molecule has 2 nitrogen and oxygen atoms in total. The molecule has 0 amide bonds. The Morgan fingerprint density at radius 3 is 2.47 bits per heavy atom. The first kappa shape index (κ1) is 14.5. The second-order valence-electron chi connectivity index (χ2n) is 5.90. The number of benzene rings is 1. The summed E-state index contributed by atoms with van der Waals surface area (Å²) < 4.78 is 0. The molecule has 1 aliphatic rings. The van der Waals surface area contributed by atoms with Gasteiger partial charge in [0.2, 0.25) is 0 Å². The van der Waals surface area contributed by atoms with E-state index in [1.165, 1.54) is 36.8 Å². The van der Waals surface area contributed by atoms with Gasteiger partial charge in [-0.25, -0.2) is 0 Å². The van der Waals surface area contributed by atoms with E-state index in [0.717, 1.165) is 19.6 Å². The molecule has 0 aromatic heterocycles. The van der Waals surface area contributed by atoms with Crippen LogP contribution in [0.25, 0.3) is 0 Å². The SMILES string of the molecule is CCN(Cc1ccc(C)cc1)C1CCCCC1CN. The second kappa shape index (κ2) is 7.06. The van der Waals surface area contributed by atoms with E-state index < -0.39 is 0 Å². The second-order valence-corrected chi connectivity index (χ2v) is 5.90. The van der Waals surface area contributed by atoms with Crippen LogP contribution in [-0.4, -0.2) is 24.0 Å². The lowest BCUT2D eigenvalue weighted by molar-refractivity contribution is 0.105. The Hall–Kier alpha value is -0.860. The maximum atomic E-state index is 5.97.